The molecule has 0 unspecified atom stereocenters. The molecule has 20 heavy (non-hydrogen) atoms. The second-order valence-electron chi connectivity index (χ2n) is 4.24. The number of aromatic nitrogens is 2. The fourth-order valence-corrected chi connectivity index (χ4v) is 2.01. The molecule has 1 heterocycles. The number of nitrogen functional groups attached to an aromatic ring is 1. The van der Waals surface area contributed by atoms with Crippen molar-refractivity contribution < 1.29 is 13.5 Å². The van der Waals surface area contributed by atoms with E-state index in [-0.39, 0.29) is 5.75 Å². The summed E-state index contributed by atoms with van der Waals surface area (Å²) in [5.41, 5.74) is 8.50. The number of alkyl halides is 2. The minimum absolute atomic E-state index is 0.0888. The monoisotopic (exact) mass is 275 g/mol. The minimum atomic E-state index is -2.85. The summed E-state index contributed by atoms with van der Waals surface area (Å²) in [5.74, 6) is 0.642. The number of para-hydroxylation sites is 1. The zero-order valence-corrected chi connectivity index (χ0v) is 10.3. The Bertz CT molecular complexity index is 755. The van der Waals surface area contributed by atoms with Gasteiger partial charge in [-0.3, -0.25) is 0 Å². The number of halogens is 2. The molecule has 3 aromatic rings. The maximum Gasteiger partial charge on any atom is 0.387 e. The first kappa shape index (κ1) is 12.4. The first-order valence-corrected chi connectivity index (χ1v) is 5.93. The third-order valence-electron chi connectivity index (χ3n) is 2.88. The zero-order valence-electron chi connectivity index (χ0n) is 10.3. The van der Waals surface area contributed by atoms with Crippen molar-refractivity contribution >= 4 is 16.7 Å². The molecule has 3 N–H and O–H groups in total. The fourth-order valence-electron chi connectivity index (χ4n) is 2.01. The third kappa shape index (κ3) is 2.27. The van der Waals surface area contributed by atoms with Crippen molar-refractivity contribution in [3.05, 3.63) is 42.5 Å². The molecule has 0 saturated heterocycles. The Morgan fingerprint density at radius 1 is 1.15 bits per heavy atom. The summed E-state index contributed by atoms with van der Waals surface area (Å²) >= 11 is 0. The Balaban J connectivity index is 2.04. The van der Waals surface area contributed by atoms with Crippen LogP contribution >= 0.6 is 0 Å². The highest BCUT2D eigenvalue weighted by Crippen LogP contribution is 2.26. The maximum absolute atomic E-state index is 12.2. The number of ether oxygens (including phenoxy) is 1. The number of imidazole rings is 1. The Kier molecular flexibility index (Phi) is 2.98. The summed E-state index contributed by atoms with van der Waals surface area (Å²) in [5, 5.41) is 0. The predicted octanol–water partition coefficient (Wildman–Crippen LogP) is 3.41. The lowest BCUT2D eigenvalue weighted by Crippen LogP contribution is -2.01. The summed E-state index contributed by atoms with van der Waals surface area (Å²) in [4.78, 5) is 7.48. The maximum atomic E-state index is 12.2. The van der Waals surface area contributed by atoms with Gasteiger partial charge in [0, 0.05) is 5.56 Å². The Morgan fingerprint density at radius 3 is 2.70 bits per heavy atom. The first-order valence-electron chi connectivity index (χ1n) is 5.93. The van der Waals surface area contributed by atoms with Crippen LogP contribution in [0.2, 0.25) is 0 Å². The number of nitrogens with one attached hydrogen (secondary N) is 1. The second kappa shape index (κ2) is 4.80. The number of anilines is 1. The van der Waals surface area contributed by atoms with Crippen LogP contribution in [0.3, 0.4) is 0 Å². The lowest BCUT2D eigenvalue weighted by Gasteiger charge is -2.05. The van der Waals surface area contributed by atoms with Crippen molar-refractivity contribution in [2.24, 2.45) is 0 Å². The highest BCUT2D eigenvalue weighted by molar-refractivity contribution is 5.89. The molecule has 0 aliphatic carbocycles. The molecule has 2 aromatic carbocycles. The SMILES string of the molecule is Nc1cccc2[nH]c(-c3cccc(OC(F)F)c3)nc12. The lowest BCUT2D eigenvalue weighted by atomic mass is 10.2. The minimum Gasteiger partial charge on any atom is -0.435 e. The van der Waals surface area contributed by atoms with Crippen LogP contribution in [0.5, 0.6) is 5.75 Å². The average Bonchev–Trinajstić information content (AvgIpc) is 2.84. The molecule has 3 rings (SSSR count). The quantitative estimate of drug-likeness (QED) is 0.720. The average molecular weight is 275 g/mol. The van der Waals surface area contributed by atoms with Gasteiger partial charge in [0.1, 0.15) is 17.1 Å². The second-order valence-corrected chi connectivity index (χ2v) is 4.24. The zero-order chi connectivity index (χ0) is 14.1. The van der Waals surface area contributed by atoms with E-state index in [9.17, 15) is 8.78 Å². The Hall–Kier alpha value is -2.63. The molecule has 0 amide bonds. The van der Waals surface area contributed by atoms with Gasteiger partial charge in [0.2, 0.25) is 0 Å². The molecule has 0 aliphatic rings. The number of benzene rings is 2. The highest BCUT2D eigenvalue weighted by Gasteiger charge is 2.09. The van der Waals surface area contributed by atoms with E-state index < -0.39 is 6.61 Å². The first-order chi connectivity index (χ1) is 9.63. The van der Waals surface area contributed by atoms with E-state index in [0.29, 0.717) is 22.6 Å². The Labute approximate surface area is 113 Å². The van der Waals surface area contributed by atoms with Gasteiger partial charge >= 0.3 is 6.61 Å². The van der Waals surface area contributed by atoms with Gasteiger partial charge in [-0.15, -0.1) is 0 Å². The van der Waals surface area contributed by atoms with Crippen LogP contribution < -0.4 is 10.5 Å². The number of aromatic amines is 1. The molecule has 0 aliphatic heterocycles. The van der Waals surface area contributed by atoms with Crippen LogP contribution in [0.1, 0.15) is 0 Å². The van der Waals surface area contributed by atoms with Gasteiger partial charge in [0.05, 0.1) is 11.2 Å². The lowest BCUT2D eigenvalue weighted by molar-refractivity contribution is -0.0498. The Morgan fingerprint density at radius 2 is 1.95 bits per heavy atom. The number of nitrogens with zero attached hydrogens (tertiary/aromatic N) is 1. The van der Waals surface area contributed by atoms with E-state index >= 15 is 0 Å². The summed E-state index contributed by atoms with van der Waals surface area (Å²) in [6.07, 6.45) is 0. The van der Waals surface area contributed by atoms with Crippen molar-refractivity contribution in [3.8, 4) is 17.1 Å². The predicted molar refractivity (Wildman–Crippen MR) is 72.6 cm³/mol. The van der Waals surface area contributed by atoms with Crippen molar-refractivity contribution in [1.29, 1.82) is 0 Å². The van der Waals surface area contributed by atoms with Gasteiger partial charge < -0.3 is 15.5 Å². The van der Waals surface area contributed by atoms with Crippen LogP contribution in [-0.2, 0) is 0 Å². The molecule has 0 radical (unpaired) electrons. The number of nitrogens with two attached hydrogens (primary N) is 1. The van der Waals surface area contributed by atoms with Crippen molar-refractivity contribution in [2.75, 3.05) is 5.73 Å². The highest BCUT2D eigenvalue weighted by atomic mass is 19.3. The summed E-state index contributed by atoms with van der Waals surface area (Å²) in [7, 11) is 0. The molecule has 6 heteroatoms. The van der Waals surface area contributed by atoms with Gasteiger partial charge in [-0.25, -0.2) is 4.98 Å². The standard InChI is InChI=1S/C14H11F2N3O/c15-14(16)20-9-4-1-3-8(7-9)13-18-11-6-2-5-10(17)12(11)19-13/h1-7,14H,17H2,(H,18,19). The van der Waals surface area contributed by atoms with E-state index in [4.69, 9.17) is 5.73 Å². The van der Waals surface area contributed by atoms with E-state index in [1.165, 1.54) is 12.1 Å². The smallest absolute Gasteiger partial charge is 0.387 e. The van der Waals surface area contributed by atoms with Crippen LogP contribution in [0, 0.1) is 0 Å². The van der Waals surface area contributed by atoms with Gasteiger partial charge in [-0.1, -0.05) is 18.2 Å². The molecule has 0 atom stereocenters. The molecular weight excluding hydrogens is 264 g/mol. The topological polar surface area (TPSA) is 63.9 Å². The van der Waals surface area contributed by atoms with E-state index in [2.05, 4.69) is 14.7 Å². The number of rotatable bonds is 3. The van der Waals surface area contributed by atoms with Crippen LogP contribution in [-0.4, -0.2) is 16.6 Å². The number of H-pyrrole nitrogens is 1. The molecule has 0 saturated carbocycles. The van der Waals surface area contributed by atoms with Crippen LogP contribution in [0.25, 0.3) is 22.4 Å². The third-order valence-corrected chi connectivity index (χ3v) is 2.88. The van der Waals surface area contributed by atoms with Gasteiger partial charge in [-0.05, 0) is 24.3 Å². The van der Waals surface area contributed by atoms with E-state index in [1.54, 1.807) is 18.2 Å². The molecule has 0 bridgehead atoms. The summed E-state index contributed by atoms with van der Waals surface area (Å²) in [6.45, 7) is -2.85. The van der Waals surface area contributed by atoms with Crippen molar-refractivity contribution in [2.45, 2.75) is 6.61 Å². The van der Waals surface area contributed by atoms with Gasteiger partial charge in [-0.2, -0.15) is 8.78 Å². The normalized spacial score (nSPS) is 11.2. The molecule has 4 nitrogen and oxygen atoms in total. The molecule has 0 spiro atoms. The van der Waals surface area contributed by atoms with E-state index in [0.717, 1.165) is 5.52 Å². The summed E-state index contributed by atoms with van der Waals surface area (Å²) < 4.78 is 28.8. The molecule has 1 aromatic heterocycles. The van der Waals surface area contributed by atoms with Crippen molar-refractivity contribution in [3.63, 3.8) is 0 Å². The van der Waals surface area contributed by atoms with Crippen LogP contribution in [0.15, 0.2) is 42.5 Å². The van der Waals surface area contributed by atoms with Crippen molar-refractivity contribution in [1.82, 2.24) is 9.97 Å². The molecular formula is C14H11F2N3O. The van der Waals surface area contributed by atoms with Gasteiger partial charge in [0.25, 0.3) is 0 Å². The number of hydrogen-bond donors (Lipinski definition) is 2. The number of fused-ring (bicyclic) bond motifs is 1. The van der Waals surface area contributed by atoms with Crippen LogP contribution in [0.4, 0.5) is 14.5 Å². The molecule has 102 valence electrons. The van der Waals surface area contributed by atoms with Gasteiger partial charge in [0.15, 0.2) is 0 Å². The molecule has 0 fully saturated rings. The fraction of sp³-hybridized carbons (Fsp3) is 0.0714. The number of hydrogen-bond acceptors (Lipinski definition) is 3. The summed E-state index contributed by atoms with van der Waals surface area (Å²) in [6, 6.07) is 11.8. The van der Waals surface area contributed by atoms with E-state index in [1.807, 2.05) is 12.1 Å². The largest absolute Gasteiger partial charge is 0.435 e.